The Balaban J connectivity index is 2.12. The maximum absolute atomic E-state index is 13.5. The molecule has 8 nitrogen and oxygen atoms in total. The minimum absolute atomic E-state index is 0.0393. The van der Waals surface area contributed by atoms with Crippen molar-refractivity contribution in [3.8, 4) is 0 Å². The van der Waals surface area contributed by atoms with Gasteiger partial charge in [0.2, 0.25) is 0 Å². The predicted octanol–water partition coefficient (Wildman–Crippen LogP) is 2.63. The van der Waals surface area contributed by atoms with Gasteiger partial charge in [-0.1, -0.05) is 6.07 Å². The van der Waals surface area contributed by atoms with Crippen molar-refractivity contribution in [3.05, 3.63) is 34.7 Å². The summed E-state index contributed by atoms with van der Waals surface area (Å²) in [5.41, 5.74) is -1.62. The molecule has 0 aliphatic carbocycles. The lowest BCUT2D eigenvalue weighted by molar-refractivity contribution is -0.168. The largest absolute Gasteiger partial charge is 0.444 e. The van der Waals surface area contributed by atoms with Gasteiger partial charge < -0.3 is 14.6 Å². The minimum Gasteiger partial charge on any atom is -0.444 e. The van der Waals surface area contributed by atoms with Gasteiger partial charge in [-0.15, -0.1) is 0 Å². The molecule has 0 fully saturated rings. The minimum atomic E-state index is -4.75. The molecule has 0 saturated heterocycles. The zero-order valence-electron chi connectivity index (χ0n) is 16.8. The molecule has 12 heteroatoms. The molecule has 2 rings (SSSR count). The van der Waals surface area contributed by atoms with Crippen molar-refractivity contribution >= 4 is 21.7 Å². The summed E-state index contributed by atoms with van der Waals surface area (Å²) in [6.45, 7) is 4.92. The number of carbonyl (C=O) groups is 2. The van der Waals surface area contributed by atoms with E-state index in [1.807, 2.05) is 0 Å². The number of alkyl halides is 3. The fourth-order valence-corrected chi connectivity index (χ4v) is 4.92. The second-order valence-electron chi connectivity index (χ2n) is 7.89. The van der Waals surface area contributed by atoms with E-state index < -0.39 is 63.3 Å². The van der Waals surface area contributed by atoms with Crippen LogP contribution in [0.5, 0.6) is 0 Å². The highest BCUT2D eigenvalue weighted by molar-refractivity contribution is 7.93. The number of nitrogens with one attached hydrogen (secondary N) is 1. The molecule has 30 heavy (non-hydrogen) atoms. The molecule has 2 heterocycles. The van der Waals surface area contributed by atoms with Gasteiger partial charge in [0.25, 0.3) is 11.5 Å². The average molecular weight is 451 g/mol. The first-order valence-corrected chi connectivity index (χ1v) is 11.1. The van der Waals surface area contributed by atoms with Gasteiger partial charge in [0, 0.05) is 23.8 Å². The number of rotatable bonds is 5. The van der Waals surface area contributed by atoms with Gasteiger partial charge in [0.15, 0.2) is 0 Å². The highest BCUT2D eigenvalue weighted by Crippen LogP contribution is 2.33. The van der Waals surface area contributed by atoms with E-state index in [0.717, 1.165) is 12.3 Å². The summed E-state index contributed by atoms with van der Waals surface area (Å²) in [6.07, 6.45) is -5.29. The van der Waals surface area contributed by atoms with Crippen molar-refractivity contribution in [2.75, 3.05) is 11.5 Å². The summed E-state index contributed by atoms with van der Waals surface area (Å²) in [4.78, 5) is 35.8. The molecule has 168 valence electrons. The van der Waals surface area contributed by atoms with Gasteiger partial charge in [-0.2, -0.15) is 17.5 Å². The summed E-state index contributed by atoms with van der Waals surface area (Å²) in [5.74, 6) is -1.55. The second kappa shape index (κ2) is 8.78. The molecule has 0 saturated carbocycles. The van der Waals surface area contributed by atoms with Gasteiger partial charge in [0.1, 0.15) is 17.7 Å². The number of aromatic nitrogens is 1. The van der Waals surface area contributed by atoms with Crippen LogP contribution in [0.2, 0.25) is 0 Å². The van der Waals surface area contributed by atoms with Gasteiger partial charge >= 0.3 is 12.3 Å². The Labute approximate surface area is 172 Å². The monoisotopic (exact) mass is 451 g/mol. The van der Waals surface area contributed by atoms with E-state index in [9.17, 15) is 31.8 Å². The number of ether oxygens (including phenoxy) is 1. The van der Waals surface area contributed by atoms with Gasteiger partial charge in [0.05, 0.1) is 9.73 Å². The Morgan fingerprint density at radius 3 is 2.53 bits per heavy atom. The maximum Gasteiger partial charge on any atom is 0.409 e. The van der Waals surface area contributed by atoms with Crippen molar-refractivity contribution in [1.82, 2.24) is 9.88 Å². The van der Waals surface area contributed by atoms with Crippen molar-refractivity contribution in [2.24, 2.45) is 4.36 Å². The molecule has 0 radical (unpaired) electrons. The summed E-state index contributed by atoms with van der Waals surface area (Å²) in [5, 5.41) is 2.33. The Morgan fingerprint density at radius 2 is 2.00 bits per heavy atom. The summed E-state index contributed by atoms with van der Waals surface area (Å²) in [7, 11) is -3.25. The quantitative estimate of drug-likeness (QED) is 0.741. The molecule has 2 amide bonds. The second-order valence-corrected chi connectivity index (χ2v) is 10.4. The number of nitrogens with zero attached hydrogens (tertiary/aromatic N) is 2. The van der Waals surface area contributed by atoms with Gasteiger partial charge in [-0.25, -0.2) is 9.00 Å². The van der Waals surface area contributed by atoms with E-state index in [2.05, 4.69) is 9.68 Å². The predicted molar refractivity (Wildman–Crippen MR) is 103 cm³/mol. The van der Waals surface area contributed by atoms with Crippen LogP contribution in [0.25, 0.3) is 0 Å². The average Bonchev–Trinajstić information content (AvgIpc) is 2.56. The first-order valence-electron chi connectivity index (χ1n) is 9.20. The Hall–Kier alpha value is -2.37. The van der Waals surface area contributed by atoms with E-state index >= 15 is 0 Å². The number of pyridine rings is 1. The molecule has 1 aromatic heterocycles. The third-order valence-corrected chi connectivity index (χ3v) is 6.51. The lowest BCUT2D eigenvalue weighted by Gasteiger charge is -2.26. The van der Waals surface area contributed by atoms with Crippen molar-refractivity contribution in [3.63, 3.8) is 0 Å². The fraction of sp³-hybridized carbons (Fsp3) is 0.611. The zero-order chi connectivity index (χ0) is 22.7. The summed E-state index contributed by atoms with van der Waals surface area (Å²) in [6, 6.07) is 0.373. The van der Waals surface area contributed by atoms with E-state index in [4.69, 9.17) is 4.74 Å². The van der Waals surface area contributed by atoms with E-state index in [1.54, 1.807) is 20.8 Å². The zero-order valence-corrected chi connectivity index (χ0v) is 17.6. The number of hydrogen-bond acceptors (Lipinski definition) is 5. The molecule has 2 unspecified atom stereocenters. The topological polar surface area (TPSA) is 107 Å². The van der Waals surface area contributed by atoms with Crippen LogP contribution >= 0.6 is 0 Å². The number of alkyl carbamates (subject to hydrolysis) is 1. The third-order valence-electron chi connectivity index (χ3n) is 4.25. The third kappa shape index (κ3) is 6.57. The van der Waals surface area contributed by atoms with Gasteiger partial charge in [-0.05, 0) is 39.7 Å². The van der Waals surface area contributed by atoms with Crippen LogP contribution in [0, 0.1) is 0 Å². The number of hydrogen-bond donors (Lipinski definition) is 1. The standard InChI is InChI=1S/C18H24F3N3O5S/c1-17(2,3)29-16(27)22-12-7-10-30(28,23-15(12)26)11-8-13(18(19,20)21)24-9-5-4-6-14(24)25/h4-6,9,12-13H,7-8,10-11H2,1-3H3,(H,22,27)/t12-,13?,30?/m0/s1. The first kappa shape index (κ1) is 23.9. The number of halogens is 3. The van der Waals surface area contributed by atoms with Crippen LogP contribution in [0.15, 0.2) is 33.6 Å². The smallest absolute Gasteiger partial charge is 0.409 e. The van der Waals surface area contributed by atoms with Gasteiger partial charge in [-0.3, -0.25) is 9.59 Å². The first-order chi connectivity index (χ1) is 13.7. The van der Waals surface area contributed by atoms with Crippen molar-refractivity contribution in [1.29, 1.82) is 0 Å². The summed E-state index contributed by atoms with van der Waals surface area (Å²) >= 11 is 0. The Bertz CT molecular complexity index is 974. The lowest BCUT2D eigenvalue weighted by atomic mass is 10.2. The maximum atomic E-state index is 13.5. The Kier molecular flexibility index (Phi) is 7.00. The molecule has 1 aromatic rings. The molecule has 0 aromatic carbocycles. The van der Waals surface area contributed by atoms with Crippen LogP contribution in [0.4, 0.5) is 18.0 Å². The molecule has 1 aliphatic rings. The highest BCUT2D eigenvalue weighted by atomic mass is 32.2. The van der Waals surface area contributed by atoms with Crippen LogP contribution in [-0.4, -0.2) is 50.1 Å². The molecule has 3 atom stereocenters. The van der Waals surface area contributed by atoms with Crippen LogP contribution in [0.3, 0.4) is 0 Å². The number of amides is 2. The van der Waals surface area contributed by atoms with Crippen LogP contribution < -0.4 is 10.9 Å². The normalized spacial score (nSPS) is 23.4. The van der Waals surface area contributed by atoms with Crippen molar-refractivity contribution in [2.45, 2.75) is 57.5 Å². The molecule has 0 bridgehead atoms. The molecule has 0 spiro atoms. The molecule has 1 N–H and O–H groups in total. The van der Waals surface area contributed by atoms with Crippen molar-refractivity contribution < 1.29 is 31.7 Å². The molecular weight excluding hydrogens is 427 g/mol. The van der Waals surface area contributed by atoms with E-state index in [1.165, 1.54) is 12.1 Å². The fourth-order valence-electron chi connectivity index (χ4n) is 2.88. The molecule has 1 aliphatic heterocycles. The SMILES string of the molecule is CC(C)(C)OC(=O)N[C@H]1CCS(=O)(CCC(n2ccccc2=O)C(F)(F)F)=NC1=O. The van der Waals surface area contributed by atoms with Crippen LogP contribution in [-0.2, 0) is 19.3 Å². The number of carbonyl (C=O) groups excluding carboxylic acids is 2. The van der Waals surface area contributed by atoms with E-state index in [0.29, 0.717) is 4.57 Å². The Morgan fingerprint density at radius 1 is 1.33 bits per heavy atom. The summed E-state index contributed by atoms with van der Waals surface area (Å²) < 4.78 is 62.4. The highest BCUT2D eigenvalue weighted by Gasteiger charge is 2.42. The lowest BCUT2D eigenvalue weighted by Crippen LogP contribution is -2.46. The van der Waals surface area contributed by atoms with E-state index in [-0.39, 0.29) is 12.2 Å². The molecular formula is C18H24F3N3O5S. The van der Waals surface area contributed by atoms with Crippen LogP contribution in [0.1, 0.15) is 39.7 Å².